The van der Waals surface area contributed by atoms with Gasteiger partial charge in [-0.2, -0.15) is 0 Å². The van der Waals surface area contributed by atoms with Gasteiger partial charge < -0.3 is 9.64 Å². The number of imide groups is 1. The summed E-state index contributed by atoms with van der Waals surface area (Å²) in [4.78, 5) is 53.4. The molecule has 0 N–H and O–H groups in total. The third-order valence-electron chi connectivity index (χ3n) is 6.31. The molecule has 1 aliphatic heterocycles. The predicted octanol–water partition coefficient (Wildman–Crippen LogP) is 3.23. The van der Waals surface area contributed by atoms with E-state index in [1.54, 1.807) is 17.0 Å². The van der Waals surface area contributed by atoms with Crippen LogP contribution in [0, 0.1) is 5.92 Å². The van der Waals surface area contributed by atoms with Crippen LogP contribution in [0.25, 0.3) is 0 Å². The molecule has 3 amide bonds. The zero-order valence-electron chi connectivity index (χ0n) is 17.8. The molecule has 164 valence electrons. The Labute approximate surface area is 182 Å². The molecule has 2 fully saturated rings. The Balaban J connectivity index is 1.51. The molecule has 1 atom stereocenters. The van der Waals surface area contributed by atoms with E-state index in [-0.39, 0.29) is 30.1 Å². The van der Waals surface area contributed by atoms with Gasteiger partial charge in [0.2, 0.25) is 11.8 Å². The summed E-state index contributed by atoms with van der Waals surface area (Å²) in [6.07, 6.45) is 9.19. The minimum absolute atomic E-state index is 0.00487. The highest BCUT2D eigenvalue weighted by atomic mass is 16.5. The molecule has 31 heavy (non-hydrogen) atoms. The highest BCUT2D eigenvalue weighted by molar-refractivity contribution is 6.23. The summed E-state index contributed by atoms with van der Waals surface area (Å²) >= 11 is 0. The third kappa shape index (κ3) is 4.55. The normalized spacial score (nSPS) is 21.1. The van der Waals surface area contributed by atoms with Crippen molar-refractivity contribution in [3.05, 3.63) is 41.5 Å². The van der Waals surface area contributed by atoms with Gasteiger partial charge in [0.05, 0.1) is 24.8 Å². The van der Waals surface area contributed by atoms with Gasteiger partial charge in [0, 0.05) is 12.5 Å². The molecular formula is C24H28N2O5. The van der Waals surface area contributed by atoms with Crippen molar-refractivity contribution in [1.29, 1.82) is 0 Å². The molecule has 1 unspecified atom stereocenters. The quantitative estimate of drug-likeness (QED) is 0.381. The molecule has 7 heteroatoms. The van der Waals surface area contributed by atoms with Crippen molar-refractivity contribution in [3.8, 4) is 0 Å². The predicted molar refractivity (Wildman–Crippen MR) is 114 cm³/mol. The number of anilines is 1. The van der Waals surface area contributed by atoms with Gasteiger partial charge >= 0.3 is 5.97 Å². The summed E-state index contributed by atoms with van der Waals surface area (Å²) in [5.41, 5.74) is 2.08. The molecule has 3 aliphatic rings. The number of hydrogen-bond acceptors (Lipinski definition) is 5. The molecular weight excluding hydrogens is 396 g/mol. The second-order valence-corrected chi connectivity index (χ2v) is 8.49. The average Bonchev–Trinajstić information content (AvgIpc) is 3.60. The molecule has 0 aromatic heterocycles. The van der Waals surface area contributed by atoms with Crippen LogP contribution in [0.4, 0.5) is 5.69 Å². The fourth-order valence-electron chi connectivity index (χ4n) is 4.38. The van der Waals surface area contributed by atoms with Crippen LogP contribution in [0.1, 0.15) is 61.7 Å². The van der Waals surface area contributed by atoms with Gasteiger partial charge in [-0.1, -0.05) is 11.6 Å². The van der Waals surface area contributed by atoms with Crippen LogP contribution in [0.15, 0.2) is 35.9 Å². The smallest absolute Gasteiger partial charge is 0.337 e. The van der Waals surface area contributed by atoms with E-state index in [1.807, 2.05) is 0 Å². The van der Waals surface area contributed by atoms with Crippen LogP contribution in [0.2, 0.25) is 0 Å². The molecule has 1 saturated carbocycles. The first-order valence-corrected chi connectivity index (χ1v) is 11.0. The second-order valence-electron chi connectivity index (χ2n) is 8.49. The van der Waals surface area contributed by atoms with E-state index in [9.17, 15) is 19.2 Å². The summed E-state index contributed by atoms with van der Waals surface area (Å²) in [5.74, 6) is -1.21. The first-order valence-electron chi connectivity index (χ1n) is 11.0. The summed E-state index contributed by atoms with van der Waals surface area (Å²) < 4.78 is 4.69. The van der Waals surface area contributed by atoms with Crippen LogP contribution in [-0.2, 0) is 19.1 Å². The Hall–Kier alpha value is -2.96. The highest BCUT2D eigenvalue weighted by Crippen LogP contribution is 2.34. The molecule has 0 bridgehead atoms. The maximum atomic E-state index is 13.2. The van der Waals surface area contributed by atoms with Gasteiger partial charge in [-0.25, -0.2) is 9.69 Å². The molecule has 0 radical (unpaired) electrons. The number of nitrogens with zero attached hydrogens (tertiary/aromatic N) is 2. The maximum Gasteiger partial charge on any atom is 0.337 e. The van der Waals surface area contributed by atoms with E-state index >= 15 is 0 Å². The fourth-order valence-corrected chi connectivity index (χ4v) is 4.38. The van der Waals surface area contributed by atoms with Gasteiger partial charge in [-0.15, -0.1) is 0 Å². The lowest BCUT2D eigenvalue weighted by molar-refractivity contribution is -0.139. The van der Waals surface area contributed by atoms with Gasteiger partial charge in [0.25, 0.3) is 5.91 Å². The van der Waals surface area contributed by atoms with Crippen molar-refractivity contribution in [2.45, 2.75) is 57.4 Å². The third-order valence-corrected chi connectivity index (χ3v) is 6.31. The Morgan fingerprint density at radius 3 is 2.48 bits per heavy atom. The number of hydrogen-bond donors (Lipinski definition) is 0. The Morgan fingerprint density at radius 1 is 1.13 bits per heavy atom. The summed E-state index contributed by atoms with van der Waals surface area (Å²) in [7, 11) is 1.29. The number of carbonyl (C=O) groups excluding carboxylic acids is 4. The number of ether oxygens (including phenoxy) is 1. The van der Waals surface area contributed by atoms with Gasteiger partial charge in [0.15, 0.2) is 0 Å². The van der Waals surface area contributed by atoms with Crippen LogP contribution in [0.5, 0.6) is 0 Å². The molecule has 1 aromatic rings. The largest absolute Gasteiger partial charge is 0.465 e. The zero-order valence-corrected chi connectivity index (χ0v) is 17.8. The summed E-state index contributed by atoms with van der Waals surface area (Å²) in [5, 5.41) is 0. The van der Waals surface area contributed by atoms with Crippen LogP contribution in [0.3, 0.4) is 0 Å². The van der Waals surface area contributed by atoms with E-state index < -0.39 is 12.0 Å². The molecule has 2 aliphatic carbocycles. The SMILES string of the molecule is COC(=O)c1ccc(N2C(=O)CC(N(CCC3=CCCCC3)C(=O)C3CC3)C2=O)cc1. The fraction of sp³-hybridized carbons (Fsp3) is 0.500. The lowest BCUT2D eigenvalue weighted by Gasteiger charge is -2.28. The highest BCUT2D eigenvalue weighted by Gasteiger charge is 2.46. The van der Waals surface area contributed by atoms with Crippen molar-refractivity contribution in [2.24, 2.45) is 5.92 Å². The van der Waals surface area contributed by atoms with Crippen LogP contribution >= 0.6 is 0 Å². The zero-order chi connectivity index (χ0) is 22.0. The van der Waals surface area contributed by atoms with E-state index in [2.05, 4.69) is 10.8 Å². The van der Waals surface area contributed by atoms with Crippen LogP contribution < -0.4 is 4.90 Å². The standard InChI is InChI=1S/C24H28N2O5/c1-31-24(30)18-9-11-19(12-10-18)26-21(27)15-20(23(26)29)25(22(28)17-7-8-17)14-13-16-5-3-2-4-6-16/h5,9-12,17,20H,2-4,6-8,13-15H2,1H3. The number of benzene rings is 1. The average molecular weight is 424 g/mol. The Kier molecular flexibility index (Phi) is 6.20. The lowest BCUT2D eigenvalue weighted by atomic mass is 9.97. The molecule has 4 rings (SSSR count). The topological polar surface area (TPSA) is 84.0 Å². The summed E-state index contributed by atoms with van der Waals surface area (Å²) in [6, 6.07) is 5.41. The number of amides is 3. The number of carbonyl (C=O) groups is 4. The van der Waals surface area contributed by atoms with E-state index in [0.29, 0.717) is 17.8 Å². The van der Waals surface area contributed by atoms with Gasteiger partial charge in [-0.3, -0.25) is 14.4 Å². The van der Waals surface area contributed by atoms with E-state index in [4.69, 9.17) is 0 Å². The molecule has 7 nitrogen and oxygen atoms in total. The molecule has 1 heterocycles. The van der Waals surface area contributed by atoms with Crippen molar-refractivity contribution in [3.63, 3.8) is 0 Å². The first-order chi connectivity index (χ1) is 15.0. The van der Waals surface area contributed by atoms with Crippen LogP contribution in [-0.4, -0.2) is 48.3 Å². The van der Waals surface area contributed by atoms with Crippen molar-refractivity contribution in [2.75, 3.05) is 18.6 Å². The Morgan fingerprint density at radius 2 is 1.87 bits per heavy atom. The van der Waals surface area contributed by atoms with Crippen molar-refractivity contribution >= 4 is 29.4 Å². The summed E-state index contributed by atoms with van der Waals surface area (Å²) in [6.45, 7) is 0.472. The number of methoxy groups -OCH3 is 1. The van der Waals surface area contributed by atoms with E-state index in [0.717, 1.165) is 37.0 Å². The first kappa shape index (κ1) is 21.3. The van der Waals surface area contributed by atoms with E-state index in [1.165, 1.54) is 37.7 Å². The molecule has 1 aromatic carbocycles. The second kappa shape index (κ2) is 9.04. The number of rotatable bonds is 7. The molecule has 1 saturated heterocycles. The Bertz CT molecular complexity index is 916. The van der Waals surface area contributed by atoms with Gasteiger partial charge in [-0.05, 0) is 69.2 Å². The lowest BCUT2D eigenvalue weighted by Crippen LogP contribution is -2.46. The maximum absolute atomic E-state index is 13.2. The number of esters is 1. The number of allylic oxidation sites excluding steroid dienone is 1. The minimum Gasteiger partial charge on any atom is -0.465 e. The van der Waals surface area contributed by atoms with Gasteiger partial charge in [0.1, 0.15) is 6.04 Å². The monoisotopic (exact) mass is 424 g/mol. The van der Waals surface area contributed by atoms with Crippen molar-refractivity contribution < 1.29 is 23.9 Å². The molecule has 0 spiro atoms. The minimum atomic E-state index is -0.759. The van der Waals surface area contributed by atoms with Crippen molar-refractivity contribution in [1.82, 2.24) is 4.90 Å².